The molecule has 0 fully saturated rings. The lowest BCUT2D eigenvalue weighted by molar-refractivity contribution is -0.777. The van der Waals surface area contributed by atoms with Crippen LogP contribution in [0.25, 0.3) is 10.8 Å². The number of hydrogen-bond acceptors (Lipinski definition) is 2. The van der Waals surface area contributed by atoms with Gasteiger partial charge in [-0.15, -0.1) is 4.68 Å². The molecule has 0 radical (unpaired) electrons. The highest BCUT2D eigenvalue weighted by atomic mass is 16.5. The van der Waals surface area contributed by atoms with Crippen molar-refractivity contribution in [3.8, 4) is 5.75 Å². The number of nitrogens with zero attached hydrogens (tertiary/aromatic N) is 2. The summed E-state index contributed by atoms with van der Waals surface area (Å²) in [6, 6.07) is 14.3. The summed E-state index contributed by atoms with van der Waals surface area (Å²) in [5.41, 5.74) is 0. The molecular weight excluding hydrogens is 214 g/mol. The van der Waals surface area contributed by atoms with Crippen LogP contribution in [0.5, 0.6) is 5.75 Å². The third-order valence-electron chi connectivity index (χ3n) is 2.60. The van der Waals surface area contributed by atoms with Crippen LogP contribution in [-0.2, 0) is 6.73 Å². The van der Waals surface area contributed by atoms with Crippen LogP contribution in [0.4, 0.5) is 0 Å². The quantitative estimate of drug-likeness (QED) is 0.693. The van der Waals surface area contributed by atoms with E-state index >= 15 is 0 Å². The van der Waals surface area contributed by atoms with E-state index in [1.165, 1.54) is 10.8 Å². The number of aromatic nitrogens is 3. The molecule has 1 heterocycles. The minimum absolute atomic E-state index is 0.429. The van der Waals surface area contributed by atoms with Gasteiger partial charge >= 0.3 is 0 Å². The van der Waals surface area contributed by atoms with Gasteiger partial charge in [0.15, 0.2) is 6.20 Å². The van der Waals surface area contributed by atoms with E-state index in [4.69, 9.17) is 4.74 Å². The zero-order valence-corrected chi connectivity index (χ0v) is 9.21. The maximum Gasteiger partial charge on any atom is 0.251 e. The normalized spacial score (nSPS) is 10.6. The highest BCUT2D eigenvalue weighted by Crippen LogP contribution is 2.20. The largest absolute Gasteiger partial charge is 0.452 e. The van der Waals surface area contributed by atoms with Gasteiger partial charge in [0.25, 0.3) is 6.73 Å². The minimum atomic E-state index is 0.429. The van der Waals surface area contributed by atoms with E-state index in [1.54, 1.807) is 10.9 Å². The molecule has 0 spiro atoms. The number of hydrogen-bond donors (Lipinski definition) is 1. The Labute approximate surface area is 98.4 Å². The summed E-state index contributed by atoms with van der Waals surface area (Å²) in [5.74, 6) is 0.853. The first-order chi connectivity index (χ1) is 8.42. The Balaban J connectivity index is 1.81. The SMILES string of the molecule is c1ccc2cc(OC[n+]3ccn[nH]3)ccc2c1. The highest BCUT2D eigenvalue weighted by Gasteiger charge is 2.00. The third kappa shape index (κ3) is 2.10. The second kappa shape index (κ2) is 4.25. The summed E-state index contributed by atoms with van der Waals surface area (Å²) in [7, 11) is 0. The van der Waals surface area contributed by atoms with E-state index in [-0.39, 0.29) is 0 Å². The molecule has 1 N–H and O–H groups in total. The maximum absolute atomic E-state index is 5.65. The van der Waals surface area contributed by atoms with Gasteiger partial charge in [0.2, 0.25) is 6.20 Å². The number of H-pyrrole nitrogens is 1. The van der Waals surface area contributed by atoms with Gasteiger partial charge in [0.1, 0.15) is 5.75 Å². The van der Waals surface area contributed by atoms with Crippen molar-refractivity contribution in [2.24, 2.45) is 0 Å². The first-order valence-electron chi connectivity index (χ1n) is 5.42. The average Bonchev–Trinajstić information content (AvgIpc) is 2.89. The van der Waals surface area contributed by atoms with Crippen molar-refractivity contribution in [3.05, 3.63) is 54.9 Å². The van der Waals surface area contributed by atoms with Crippen LogP contribution in [-0.4, -0.2) is 10.3 Å². The molecule has 17 heavy (non-hydrogen) atoms. The smallest absolute Gasteiger partial charge is 0.251 e. The van der Waals surface area contributed by atoms with Crippen LogP contribution < -0.4 is 9.42 Å². The first-order valence-corrected chi connectivity index (χ1v) is 5.42. The van der Waals surface area contributed by atoms with Crippen molar-refractivity contribution in [1.82, 2.24) is 10.3 Å². The molecule has 0 saturated carbocycles. The summed E-state index contributed by atoms with van der Waals surface area (Å²) in [6.07, 6.45) is 3.50. The summed E-state index contributed by atoms with van der Waals surface area (Å²) in [6.45, 7) is 0.429. The number of nitrogens with one attached hydrogen (secondary N) is 1. The van der Waals surface area contributed by atoms with Crippen molar-refractivity contribution in [2.45, 2.75) is 6.73 Å². The summed E-state index contributed by atoms with van der Waals surface area (Å²) in [5, 5.41) is 9.03. The number of benzene rings is 2. The van der Waals surface area contributed by atoms with Gasteiger partial charge in [-0.1, -0.05) is 35.5 Å². The second-order valence-corrected chi connectivity index (χ2v) is 3.78. The molecule has 0 unspecified atom stereocenters. The van der Waals surface area contributed by atoms with E-state index < -0.39 is 0 Å². The molecule has 0 saturated heterocycles. The molecule has 4 heteroatoms. The van der Waals surface area contributed by atoms with Crippen molar-refractivity contribution >= 4 is 10.8 Å². The lowest BCUT2D eigenvalue weighted by Crippen LogP contribution is -2.37. The predicted octanol–water partition coefficient (Wildman–Crippen LogP) is 1.89. The molecule has 1 aromatic heterocycles. The Morgan fingerprint density at radius 2 is 2.00 bits per heavy atom. The molecular formula is C13H12N3O+. The lowest BCUT2D eigenvalue weighted by atomic mass is 10.1. The van der Waals surface area contributed by atoms with Crippen LogP contribution in [0.1, 0.15) is 0 Å². The molecule has 4 nitrogen and oxygen atoms in total. The Kier molecular flexibility index (Phi) is 2.46. The van der Waals surface area contributed by atoms with Crippen LogP contribution in [0.15, 0.2) is 54.9 Å². The van der Waals surface area contributed by atoms with Crippen LogP contribution in [0.3, 0.4) is 0 Å². The molecule has 0 aliphatic rings. The minimum Gasteiger partial charge on any atom is -0.452 e. The summed E-state index contributed by atoms with van der Waals surface area (Å²) in [4.78, 5) is 0. The van der Waals surface area contributed by atoms with Gasteiger partial charge in [-0.05, 0) is 22.9 Å². The lowest BCUT2D eigenvalue weighted by Gasteiger charge is -2.04. The predicted molar refractivity (Wildman–Crippen MR) is 63.4 cm³/mol. The van der Waals surface area contributed by atoms with E-state index in [1.807, 2.05) is 30.5 Å². The Morgan fingerprint density at radius 1 is 1.12 bits per heavy atom. The molecule has 84 valence electrons. The van der Waals surface area contributed by atoms with Gasteiger partial charge in [-0.3, -0.25) is 0 Å². The van der Waals surface area contributed by atoms with Gasteiger partial charge < -0.3 is 4.74 Å². The maximum atomic E-state index is 5.65. The van der Waals surface area contributed by atoms with E-state index in [2.05, 4.69) is 28.5 Å². The Morgan fingerprint density at radius 3 is 2.82 bits per heavy atom. The summed E-state index contributed by atoms with van der Waals surface area (Å²) >= 11 is 0. The number of aromatic amines is 1. The van der Waals surface area contributed by atoms with Gasteiger partial charge in [0.05, 0.1) is 0 Å². The zero-order chi connectivity index (χ0) is 11.5. The third-order valence-corrected chi connectivity index (χ3v) is 2.60. The Bertz CT molecular complexity index is 619. The molecule has 0 bridgehead atoms. The number of rotatable bonds is 3. The van der Waals surface area contributed by atoms with E-state index in [9.17, 15) is 0 Å². The topological polar surface area (TPSA) is 41.8 Å². The van der Waals surface area contributed by atoms with Crippen molar-refractivity contribution in [3.63, 3.8) is 0 Å². The number of fused-ring (bicyclic) bond motifs is 1. The fraction of sp³-hybridized carbons (Fsp3) is 0.0769. The molecule has 2 aromatic carbocycles. The monoisotopic (exact) mass is 226 g/mol. The molecule has 3 aromatic rings. The van der Waals surface area contributed by atoms with Gasteiger partial charge in [-0.25, -0.2) is 0 Å². The fourth-order valence-corrected chi connectivity index (χ4v) is 1.73. The Hall–Kier alpha value is -2.36. The first kappa shape index (κ1) is 9.84. The standard InChI is InChI=1S/C13H11N3O/c1-2-4-12-9-13(6-5-11(12)3-1)17-10-16-8-7-14-15-16/h1-9H,10H2/p+1. The van der Waals surface area contributed by atoms with E-state index in [0.717, 1.165) is 5.75 Å². The second-order valence-electron chi connectivity index (χ2n) is 3.78. The highest BCUT2D eigenvalue weighted by molar-refractivity contribution is 5.83. The van der Waals surface area contributed by atoms with Crippen LogP contribution in [0.2, 0.25) is 0 Å². The summed E-state index contributed by atoms with van der Waals surface area (Å²) < 4.78 is 7.41. The van der Waals surface area contributed by atoms with Crippen molar-refractivity contribution in [2.75, 3.05) is 0 Å². The van der Waals surface area contributed by atoms with Crippen LogP contribution in [0, 0.1) is 0 Å². The van der Waals surface area contributed by atoms with Gasteiger partial charge in [0, 0.05) is 5.10 Å². The average molecular weight is 226 g/mol. The molecule has 3 rings (SSSR count). The molecule has 0 aliphatic heterocycles. The molecule has 0 amide bonds. The van der Waals surface area contributed by atoms with Crippen molar-refractivity contribution in [1.29, 1.82) is 0 Å². The number of ether oxygens (including phenoxy) is 1. The molecule has 0 atom stereocenters. The van der Waals surface area contributed by atoms with Crippen LogP contribution >= 0.6 is 0 Å². The zero-order valence-electron chi connectivity index (χ0n) is 9.21. The molecule has 0 aliphatic carbocycles. The fourth-order valence-electron chi connectivity index (χ4n) is 1.73. The van der Waals surface area contributed by atoms with Gasteiger partial charge in [-0.2, -0.15) is 0 Å². The van der Waals surface area contributed by atoms with E-state index in [0.29, 0.717) is 6.73 Å². The van der Waals surface area contributed by atoms with Crippen molar-refractivity contribution < 1.29 is 9.42 Å².